The molecule has 0 aliphatic carbocycles. The van der Waals surface area contributed by atoms with Crippen molar-refractivity contribution in [3.05, 3.63) is 0 Å². The molecule has 0 saturated carbocycles. The molecule has 0 heterocycles. The second kappa shape index (κ2) is 8.11. The van der Waals surface area contributed by atoms with Gasteiger partial charge in [-0.3, -0.25) is 4.79 Å². The summed E-state index contributed by atoms with van der Waals surface area (Å²) in [5, 5.41) is 0. The van der Waals surface area contributed by atoms with E-state index >= 15 is 0 Å². The summed E-state index contributed by atoms with van der Waals surface area (Å²) in [6, 6.07) is 0. The standard InChI is InChI=1S/C14H26O4/c1-6-8-9-14(4,5)10-12(15)18-11(3)13(16)17-7-2/h11H,6-10H2,1-5H3/t11-/m0/s1. The lowest BCUT2D eigenvalue weighted by molar-refractivity contribution is -0.167. The van der Waals surface area contributed by atoms with Gasteiger partial charge in [0.2, 0.25) is 0 Å². The Kier molecular flexibility index (Phi) is 7.64. The highest BCUT2D eigenvalue weighted by atomic mass is 16.6. The molecule has 0 saturated heterocycles. The molecule has 0 rings (SSSR count). The Morgan fingerprint density at radius 3 is 2.33 bits per heavy atom. The fraction of sp³-hybridized carbons (Fsp3) is 0.857. The maximum atomic E-state index is 11.7. The van der Waals surface area contributed by atoms with Crippen molar-refractivity contribution in [1.82, 2.24) is 0 Å². The summed E-state index contributed by atoms with van der Waals surface area (Å²) in [5.41, 5.74) is -0.0819. The molecule has 0 aliphatic rings. The predicted octanol–water partition coefficient (Wildman–Crippen LogP) is 3.09. The predicted molar refractivity (Wildman–Crippen MR) is 70.1 cm³/mol. The lowest BCUT2D eigenvalue weighted by atomic mass is 9.84. The number of carbonyl (C=O) groups excluding carboxylic acids is 2. The Morgan fingerprint density at radius 1 is 1.22 bits per heavy atom. The van der Waals surface area contributed by atoms with Crippen molar-refractivity contribution < 1.29 is 19.1 Å². The first kappa shape index (κ1) is 16.9. The van der Waals surface area contributed by atoms with Gasteiger partial charge in [0.15, 0.2) is 6.10 Å². The van der Waals surface area contributed by atoms with Crippen LogP contribution in [0.3, 0.4) is 0 Å². The number of carbonyl (C=O) groups is 2. The molecule has 4 heteroatoms. The van der Waals surface area contributed by atoms with Crippen molar-refractivity contribution in [3.8, 4) is 0 Å². The first-order valence-corrected chi connectivity index (χ1v) is 6.68. The molecule has 0 aliphatic heterocycles. The quantitative estimate of drug-likeness (QED) is 0.628. The normalized spacial score (nSPS) is 12.9. The lowest BCUT2D eigenvalue weighted by Crippen LogP contribution is -2.28. The Hall–Kier alpha value is -1.06. The van der Waals surface area contributed by atoms with E-state index in [0.29, 0.717) is 13.0 Å². The van der Waals surface area contributed by atoms with Crippen LogP contribution in [-0.2, 0) is 19.1 Å². The Bertz CT molecular complexity index is 271. The molecule has 1 atom stereocenters. The van der Waals surface area contributed by atoms with Crippen molar-refractivity contribution >= 4 is 11.9 Å². The van der Waals surface area contributed by atoms with E-state index in [1.54, 1.807) is 6.92 Å². The van der Waals surface area contributed by atoms with E-state index in [0.717, 1.165) is 19.3 Å². The SMILES string of the molecule is CCCCC(C)(C)CC(=O)O[C@@H](C)C(=O)OCC. The Morgan fingerprint density at radius 2 is 1.83 bits per heavy atom. The van der Waals surface area contributed by atoms with Gasteiger partial charge in [0.25, 0.3) is 0 Å². The molecule has 0 N–H and O–H groups in total. The van der Waals surface area contributed by atoms with Gasteiger partial charge in [0.1, 0.15) is 0 Å². The van der Waals surface area contributed by atoms with E-state index in [9.17, 15) is 9.59 Å². The number of ether oxygens (including phenoxy) is 2. The molecular formula is C14H26O4. The van der Waals surface area contributed by atoms with Crippen LogP contribution in [0.4, 0.5) is 0 Å². The molecule has 0 radical (unpaired) electrons. The molecule has 4 nitrogen and oxygen atoms in total. The summed E-state index contributed by atoms with van der Waals surface area (Å²) in [5.74, 6) is -0.825. The van der Waals surface area contributed by atoms with Crippen molar-refractivity contribution in [2.24, 2.45) is 5.41 Å². The van der Waals surface area contributed by atoms with Gasteiger partial charge in [-0.1, -0.05) is 33.6 Å². The molecule has 0 aromatic carbocycles. The molecule has 0 bridgehead atoms. The van der Waals surface area contributed by atoms with Gasteiger partial charge in [-0.15, -0.1) is 0 Å². The first-order valence-electron chi connectivity index (χ1n) is 6.68. The van der Waals surface area contributed by atoms with Crippen molar-refractivity contribution in [2.75, 3.05) is 6.61 Å². The van der Waals surface area contributed by atoms with Crippen LogP contribution in [0.1, 0.15) is 60.3 Å². The summed E-state index contributed by atoms with van der Waals surface area (Å²) in [6.45, 7) is 9.76. The second-order valence-corrected chi connectivity index (χ2v) is 5.33. The van der Waals surface area contributed by atoms with E-state index in [2.05, 4.69) is 6.92 Å². The summed E-state index contributed by atoms with van der Waals surface area (Å²) < 4.78 is 9.85. The highest BCUT2D eigenvalue weighted by Crippen LogP contribution is 2.28. The molecule has 0 aromatic heterocycles. The third-order valence-electron chi connectivity index (χ3n) is 2.76. The van der Waals surface area contributed by atoms with Gasteiger partial charge < -0.3 is 9.47 Å². The monoisotopic (exact) mass is 258 g/mol. The minimum Gasteiger partial charge on any atom is -0.463 e. The highest BCUT2D eigenvalue weighted by molar-refractivity contribution is 5.79. The van der Waals surface area contributed by atoms with Crippen molar-refractivity contribution in [2.45, 2.75) is 66.4 Å². The van der Waals surface area contributed by atoms with Gasteiger partial charge in [0, 0.05) is 0 Å². The van der Waals surface area contributed by atoms with Crippen LogP contribution in [0.5, 0.6) is 0 Å². The minimum atomic E-state index is -0.820. The fourth-order valence-corrected chi connectivity index (χ4v) is 1.68. The number of unbranched alkanes of at least 4 members (excludes halogenated alkanes) is 1. The fourth-order valence-electron chi connectivity index (χ4n) is 1.68. The molecule has 106 valence electrons. The minimum absolute atomic E-state index is 0.0819. The van der Waals surface area contributed by atoms with E-state index < -0.39 is 12.1 Å². The summed E-state index contributed by atoms with van der Waals surface area (Å²) >= 11 is 0. The molecule has 0 aromatic rings. The maximum absolute atomic E-state index is 11.7. The maximum Gasteiger partial charge on any atom is 0.347 e. The summed E-state index contributed by atoms with van der Waals surface area (Å²) in [7, 11) is 0. The second-order valence-electron chi connectivity index (χ2n) is 5.33. The number of esters is 2. The number of rotatable bonds is 8. The van der Waals surface area contributed by atoms with Gasteiger partial charge in [-0.25, -0.2) is 4.79 Å². The van der Waals surface area contributed by atoms with Gasteiger partial charge >= 0.3 is 11.9 Å². The van der Waals surface area contributed by atoms with E-state index in [4.69, 9.17) is 9.47 Å². The van der Waals surface area contributed by atoms with Crippen molar-refractivity contribution in [1.29, 1.82) is 0 Å². The Labute approximate surface area is 110 Å². The summed E-state index contributed by atoms with van der Waals surface area (Å²) in [6.07, 6.45) is 2.69. The van der Waals surface area contributed by atoms with Crippen LogP contribution in [0.25, 0.3) is 0 Å². The smallest absolute Gasteiger partial charge is 0.347 e. The van der Waals surface area contributed by atoms with Gasteiger partial charge in [-0.2, -0.15) is 0 Å². The molecule has 0 amide bonds. The van der Waals surface area contributed by atoms with E-state index in [1.807, 2.05) is 13.8 Å². The van der Waals surface area contributed by atoms with Crippen LogP contribution >= 0.6 is 0 Å². The van der Waals surface area contributed by atoms with Crippen LogP contribution in [-0.4, -0.2) is 24.6 Å². The summed E-state index contributed by atoms with van der Waals surface area (Å²) in [4.78, 5) is 23.0. The first-order chi connectivity index (χ1) is 8.32. The third-order valence-corrected chi connectivity index (χ3v) is 2.76. The van der Waals surface area contributed by atoms with E-state index in [1.165, 1.54) is 6.92 Å². The van der Waals surface area contributed by atoms with Crippen LogP contribution in [0.2, 0.25) is 0 Å². The average Bonchev–Trinajstić information content (AvgIpc) is 2.25. The third kappa shape index (κ3) is 7.30. The van der Waals surface area contributed by atoms with E-state index in [-0.39, 0.29) is 11.4 Å². The molecule has 0 fully saturated rings. The highest BCUT2D eigenvalue weighted by Gasteiger charge is 2.25. The molecule has 18 heavy (non-hydrogen) atoms. The van der Waals surface area contributed by atoms with Gasteiger partial charge in [0.05, 0.1) is 13.0 Å². The Balaban J connectivity index is 4.13. The van der Waals surface area contributed by atoms with Crippen molar-refractivity contribution in [3.63, 3.8) is 0 Å². The number of hydrogen-bond acceptors (Lipinski definition) is 4. The van der Waals surface area contributed by atoms with Crippen LogP contribution in [0.15, 0.2) is 0 Å². The lowest BCUT2D eigenvalue weighted by Gasteiger charge is -2.23. The molecule has 0 unspecified atom stereocenters. The zero-order chi connectivity index (χ0) is 14.2. The van der Waals surface area contributed by atoms with Gasteiger partial charge in [-0.05, 0) is 25.7 Å². The largest absolute Gasteiger partial charge is 0.463 e. The zero-order valence-electron chi connectivity index (χ0n) is 12.2. The molecule has 0 spiro atoms. The van der Waals surface area contributed by atoms with Crippen LogP contribution in [0, 0.1) is 5.41 Å². The zero-order valence-corrected chi connectivity index (χ0v) is 12.2. The average molecular weight is 258 g/mol. The number of hydrogen-bond donors (Lipinski definition) is 0. The van der Waals surface area contributed by atoms with Crippen LogP contribution < -0.4 is 0 Å². The topological polar surface area (TPSA) is 52.6 Å². The molecular weight excluding hydrogens is 232 g/mol.